The summed E-state index contributed by atoms with van der Waals surface area (Å²) < 4.78 is 7.11. The number of nitrogens with two attached hydrogens (primary N) is 1. The Morgan fingerprint density at radius 1 is 1.28 bits per heavy atom. The second-order valence-electron chi connectivity index (χ2n) is 6.86. The summed E-state index contributed by atoms with van der Waals surface area (Å²) in [5.41, 5.74) is 10.5. The van der Waals surface area contributed by atoms with E-state index in [2.05, 4.69) is 30.2 Å². The maximum atomic E-state index is 12.0. The molecule has 0 amide bonds. The second-order valence-corrected chi connectivity index (χ2v) is 7.77. The first kappa shape index (κ1) is 21.0. The van der Waals surface area contributed by atoms with Crippen LogP contribution in [0.2, 0.25) is 0 Å². The predicted octanol–water partition coefficient (Wildman–Crippen LogP) is 4.65. The maximum absolute atomic E-state index is 12.0. The zero-order valence-electron chi connectivity index (χ0n) is 17.0. The lowest BCUT2D eigenvalue weighted by atomic mass is 10.1. The molecule has 152 valence electrons. The second kappa shape index (κ2) is 9.67. The number of hydrogen-bond acceptors (Lipinski definition) is 5. The highest BCUT2D eigenvalue weighted by Crippen LogP contribution is 2.34. The van der Waals surface area contributed by atoms with Crippen LogP contribution in [-0.4, -0.2) is 22.6 Å². The van der Waals surface area contributed by atoms with Gasteiger partial charge in [0.1, 0.15) is 5.82 Å². The summed E-state index contributed by atoms with van der Waals surface area (Å²) in [6.07, 6.45) is 4.97. The summed E-state index contributed by atoms with van der Waals surface area (Å²) >= 11 is 1.48. The molecule has 0 fully saturated rings. The number of rotatable bonds is 9. The standard InChI is InChI=1S/C23H27N3O2S/c1-4-5-10-21-25-14-20(19-11-12-29-22(19)16(2)23(27)28-3)26(21)15-18-9-7-6-8-17(18)13-24/h6-9,11-12,14H,2,4-5,10,13,15,24H2,1,3H3. The molecular formula is C23H27N3O2S. The van der Waals surface area contributed by atoms with Gasteiger partial charge in [0, 0.05) is 25.1 Å². The number of benzene rings is 1. The highest BCUT2D eigenvalue weighted by molar-refractivity contribution is 7.12. The third-order valence-corrected chi connectivity index (χ3v) is 5.98. The average Bonchev–Trinajstić information content (AvgIpc) is 3.38. The molecule has 3 rings (SSSR count). The van der Waals surface area contributed by atoms with Gasteiger partial charge in [0.05, 0.1) is 29.5 Å². The summed E-state index contributed by atoms with van der Waals surface area (Å²) in [5, 5.41) is 1.97. The van der Waals surface area contributed by atoms with Crippen LogP contribution in [0.15, 0.2) is 48.5 Å². The van der Waals surface area contributed by atoms with Gasteiger partial charge in [0.2, 0.25) is 0 Å². The van der Waals surface area contributed by atoms with E-state index in [1.807, 2.05) is 29.8 Å². The third kappa shape index (κ3) is 4.49. The molecule has 29 heavy (non-hydrogen) atoms. The van der Waals surface area contributed by atoms with Crippen molar-refractivity contribution in [2.45, 2.75) is 39.3 Å². The van der Waals surface area contributed by atoms with Crippen LogP contribution >= 0.6 is 11.3 Å². The lowest BCUT2D eigenvalue weighted by Gasteiger charge is -2.15. The number of esters is 1. The number of carbonyl (C=O) groups excluding carboxylic acids is 1. The molecule has 0 aliphatic carbocycles. The SMILES string of the molecule is C=C(C(=O)OC)c1sccc1-c1cnc(CCCC)n1Cc1ccccc1CN. The highest BCUT2D eigenvalue weighted by Gasteiger charge is 2.21. The Labute approximate surface area is 175 Å². The largest absolute Gasteiger partial charge is 0.465 e. The van der Waals surface area contributed by atoms with Gasteiger partial charge in [-0.05, 0) is 29.0 Å². The summed E-state index contributed by atoms with van der Waals surface area (Å²) in [7, 11) is 1.37. The summed E-state index contributed by atoms with van der Waals surface area (Å²) in [6.45, 7) is 7.29. The number of hydrogen-bond donors (Lipinski definition) is 1. The molecule has 0 aliphatic rings. The van der Waals surface area contributed by atoms with E-state index >= 15 is 0 Å². The van der Waals surface area contributed by atoms with Crippen LogP contribution in [0.1, 0.15) is 41.6 Å². The molecule has 0 saturated heterocycles. The molecule has 0 radical (unpaired) electrons. The minimum absolute atomic E-state index is 0.364. The number of carbonyl (C=O) groups is 1. The molecule has 6 heteroatoms. The third-order valence-electron chi connectivity index (χ3n) is 5.01. The Morgan fingerprint density at radius 3 is 2.72 bits per heavy atom. The van der Waals surface area contributed by atoms with E-state index in [1.165, 1.54) is 24.0 Å². The van der Waals surface area contributed by atoms with Crippen LogP contribution in [-0.2, 0) is 29.0 Å². The van der Waals surface area contributed by atoms with E-state index in [-0.39, 0.29) is 0 Å². The van der Waals surface area contributed by atoms with Crippen LogP contribution in [0.4, 0.5) is 0 Å². The van der Waals surface area contributed by atoms with Gasteiger partial charge in [0.15, 0.2) is 0 Å². The molecule has 3 aromatic rings. The zero-order chi connectivity index (χ0) is 20.8. The predicted molar refractivity (Wildman–Crippen MR) is 119 cm³/mol. The number of ether oxygens (including phenoxy) is 1. The minimum atomic E-state index is -0.417. The smallest absolute Gasteiger partial charge is 0.338 e. The summed E-state index contributed by atoms with van der Waals surface area (Å²) in [6, 6.07) is 10.2. The number of thiophene rings is 1. The molecule has 5 nitrogen and oxygen atoms in total. The van der Waals surface area contributed by atoms with Crippen molar-refractivity contribution in [3.8, 4) is 11.3 Å². The molecule has 0 atom stereocenters. The van der Waals surface area contributed by atoms with Crippen molar-refractivity contribution in [1.29, 1.82) is 0 Å². The molecule has 2 aromatic heterocycles. The molecule has 0 unspecified atom stereocenters. The normalized spacial score (nSPS) is 10.9. The Morgan fingerprint density at radius 2 is 2.03 bits per heavy atom. The van der Waals surface area contributed by atoms with Gasteiger partial charge < -0.3 is 15.0 Å². The van der Waals surface area contributed by atoms with Crippen molar-refractivity contribution < 1.29 is 9.53 Å². The van der Waals surface area contributed by atoms with E-state index in [1.54, 1.807) is 0 Å². The number of unbranched alkanes of at least 4 members (excludes halogenated alkanes) is 1. The van der Waals surface area contributed by atoms with Gasteiger partial charge >= 0.3 is 5.97 Å². The molecule has 2 heterocycles. The van der Waals surface area contributed by atoms with Crippen LogP contribution in [0.25, 0.3) is 16.8 Å². The molecule has 0 saturated carbocycles. The first-order valence-electron chi connectivity index (χ1n) is 9.77. The fraction of sp³-hybridized carbons (Fsp3) is 0.304. The Balaban J connectivity index is 2.07. The minimum Gasteiger partial charge on any atom is -0.465 e. The van der Waals surface area contributed by atoms with Crippen molar-refractivity contribution in [2.24, 2.45) is 5.73 Å². The van der Waals surface area contributed by atoms with Gasteiger partial charge in [-0.3, -0.25) is 0 Å². The molecule has 2 N–H and O–H groups in total. The molecule has 1 aromatic carbocycles. The maximum Gasteiger partial charge on any atom is 0.338 e. The first-order chi connectivity index (χ1) is 14.1. The van der Waals surface area contributed by atoms with E-state index in [9.17, 15) is 4.79 Å². The monoisotopic (exact) mass is 409 g/mol. The van der Waals surface area contributed by atoms with Gasteiger partial charge in [-0.15, -0.1) is 11.3 Å². The quantitative estimate of drug-likeness (QED) is 0.413. The molecule has 0 aliphatic heterocycles. The van der Waals surface area contributed by atoms with Crippen molar-refractivity contribution >= 4 is 22.9 Å². The number of methoxy groups -OCH3 is 1. The topological polar surface area (TPSA) is 70.1 Å². The van der Waals surface area contributed by atoms with E-state index in [4.69, 9.17) is 15.5 Å². The van der Waals surface area contributed by atoms with Crippen LogP contribution in [0, 0.1) is 0 Å². The number of aromatic nitrogens is 2. The van der Waals surface area contributed by atoms with Gasteiger partial charge in [-0.25, -0.2) is 9.78 Å². The van der Waals surface area contributed by atoms with E-state index < -0.39 is 5.97 Å². The molecule has 0 spiro atoms. The Kier molecular flexibility index (Phi) is 7.01. The van der Waals surface area contributed by atoms with E-state index in [0.717, 1.165) is 46.8 Å². The number of imidazole rings is 1. The van der Waals surface area contributed by atoms with Crippen molar-refractivity contribution in [3.05, 3.63) is 70.3 Å². The average molecular weight is 410 g/mol. The van der Waals surface area contributed by atoms with Crippen molar-refractivity contribution in [1.82, 2.24) is 9.55 Å². The fourth-order valence-electron chi connectivity index (χ4n) is 3.38. The molecular weight excluding hydrogens is 382 g/mol. The van der Waals surface area contributed by atoms with Crippen molar-refractivity contribution in [2.75, 3.05) is 7.11 Å². The van der Waals surface area contributed by atoms with Crippen molar-refractivity contribution in [3.63, 3.8) is 0 Å². The van der Waals surface area contributed by atoms with Crippen LogP contribution < -0.4 is 5.73 Å². The van der Waals surface area contributed by atoms with Gasteiger partial charge in [0.25, 0.3) is 0 Å². The number of nitrogens with zero attached hydrogens (tertiary/aromatic N) is 2. The fourth-order valence-corrected chi connectivity index (χ4v) is 4.25. The number of aryl methyl sites for hydroxylation is 1. The zero-order valence-corrected chi connectivity index (χ0v) is 17.8. The van der Waals surface area contributed by atoms with E-state index in [0.29, 0.717) is 18.7 Å². The molecule has 0 bridgehead atoms. The lowest BCUT2D eigenvalue weighted by Crippen LogP contribution is -2.11. The van der Waals surface area contributed by atoms with Crippen LogP contribution in [0.3, 0.4) is 0 Å². The highest BCUT2D eigenvalue weighted by atomic mass is 32.1. The van der Waals surface area contributed by atoms with Gasteiger partial charge in [-0.1, -0.05) is 44.2 Å². The van der Waals surface area contributed by atoms with Gasteiger partial charge in [-0.2, -0.15) is 0 Å². The first-order valence-corrected chi connectivity index (χ1v) is 10.6. The Hall–Kier alpha value is -2.70. The Bertz CT molecular complexity index is 1000. The van der Waals surface area contributed by atoms with Crippen LogP contribution in [0.5, 0.6) is 0 Å². The summed E-state index contributed by atoms with van der Waals surface area (Å²) in [4.78, 5) is 17.6. The summed E-state index contributed by atoms with van der Waals surface area (Å²) in [5.74, 6) is 0.619. The lowest BCUT2D eigenvalue weighted by molar-refractivity contribution is -0.133.